The summed E-state index contributed by atoms with van der Waals surface area (Å²) < 4.78 is 5.05. The van der Waals surface area contributed by atoms with Gasteiger partial charge in [0.1, 0.15) is 11.4 Å². The highest BCUT2D eigenvalue weighted by atomic mass is 16.5. The number of H-pyrrole nitrogens is 1. The summed E-state index contributed by atoms with van der Waals surface area (Å²) in [6.45, 7) is 0. The molecular formula is C12H12N4O3. The highest BCUT2D eigenvalue weighted by Crippen LogP contribution is 2.25. The van der Waals surface area contributed by atoms with Crippen LogP contribution >= 0.6 is 0 Å². The van der Waals surface area contributed by atoms with Crippen LogP contribution in [0.5, 0.6) is 5.75 Å². The van der Waals surface area contributed by atoms with Crippen LogP contribution in [0.15, 0.2) is 35.4 Å². The van der Waals surface area contributed by atoms with Crippen LogP contribution < -0.4 is 21.3 Å². The molecule has 0 radical (unpaired) electrons. The van der Waals surface area contributed by atoms with Crippen molar-refractivity contribution >= 4 is 17.3 Å². The average Bonchev–Trinajstić information content (AvgIpc) is 2.41. The van der Waals surface area contributed by atoms with E-state index in [1.807, 2.05) is 0 Å². The molecule has 19 heavy (non-hydrogen) atoms. The molecule has 7 heteroatoms. The SMILES string of the molecule is COc1cc(NC(=O)c2c[nH]c(=O)cn2)ccc1N. The van der Waals surface area contributed by atoms with Crippen LogP contribution in [0.25, 0.3) is 0 Å². The number of anilines is 2. The van der Waals surface area contributed by atoms with Crippen LogP contribution in [0, 0.1) is 0 Å². The molecule has 0 aliphatic carbocycles. The zero-order valence-electron chi connectivity index (χ0n) is 10.1. The number of aromatic nitrogens is 2. The second kappa shape index (κ2) is 5.21. The van der Waals surface area contributed by atoms with Crippen molar-refractivity contribution in [3.8, 4) is 5.75 Å². The number of methoxy groups -OCH3 is 1. The molecule has 7 nitrogen and oxygen atoms in total. The minimum atomic E-state index is -0.442. The monoisotopic (exact) mass is 260 g/mol. The Morgan fingerprint density at radius 3 is 2.89 bits per heavy atom. The highest BCUT2D eigenvalue weighted by molar-refractivity contribution is 6.02. The fourth-order valence-corrected chi connectivity index (χ4v) is 1.45. The van der Waals surface area contributed by atoms with Crippen LogP contribution in [-0.4, -0.2) is 23.0 Å². The number of nitrogens with one attached hydrogen (secondary N) is 2. The van der Waals surface area contributed by atoms with Crippen molar-refractivity contribution < 1.29 is 9.53 Å². The van der Waals surface area contributed by atoms with Crippen molar-refractivity contribution in [2.75, 3.05) is 18.2 Å². The van der Waals surface area contributed by atoms with Crippen molar-refractivity contribution in [2.45, 2.75) is 0 Å². The van der Waals surface area contributed by atoms with Gasteiger partial charge in [-0.25, -0.2) is 4.98 Å². The van der Waals surface area contributed by atoms with E-state index in [0.717, 1.165) is 6.20 Å². The molecule has 1 amide bonds. The van der Waals surface area contributed by atoms with Crippen LogP contribution in [-0.2, 0) is 0 Å². The van der Waals surface area contributed by atoms with Gasteiger partial charge in [-0.2, -0.15) is 0 Å². The second-order valence-corrected chi connectivity index (χ2v) is 3.71. The largest absolute Gasteiger partial charge is 0.495 e. The summed E-state index contributed by atoms with van der Waals surface area (Å²) in [6, 6.07) is 4.86. The third kappa shape index (κ3) is 2.89. The third-order valence-electron chi connectivity index (χ3n) is 2.40. The molecule has 0 atom stereocenters. The number of amides is 1. The van der Waals surface area contributed by atoms with Crippen LogP contribution in [0.3, 0.4) is 0 Å². The van der Waals surface area contributed by atoms with E-state index < -0.39 is 5.91 Å². The maximum absolute atomic E-state index is 11.8. The maximum Gasteiger partial charge on any atom is 0.275 e. The molecule has 4 N–H and O–H groups in total. The van der Waals surface area contributed by atoms with Crippen molar-refractivity contribution in [2.24, 2.45) is 0 Å². The van der Waals surface area contributed by atoms with Crippen molar-refractivity contribution in [1.29, 1.82) is 0 Å². The summed E-state index contributed by atoms with van der Waals surface area (Å²) in [5.41, 5.74) is 6.40. The predicted octanol–water partition coefficient (Wildman–Crippen LogP) is 0.613. The number of rotatable bonds is 3. The minimum absolute atomic E-state index is 0.107. The van der Waals surface area contributed by atoms with Gasteiger partial charge in [0.15, 0.2) is 0 Å². The standard InChI is InChI=1S/C12H12N4O3/c1-19-10-4-7(2-3-8(10)13)16-12(18)9-5-15-11(17)6-14-9/h2-6H,13H2,1H3,(H,15,17)(H,16,18). The first-order chi connectivity index (χ1) is 9.10. The first-order valence-electron chi connectivity index (χ1n) is 5.40. The Labute approximate surface area is 108 Å². The topological polar surface area (TPSA) is 110 Å². The van der Waals surface area contributed by atoms with Crippen LogP contribution in [0.2, 0.25) is 0 Å². The van der Waals surface area contributed by atoms with Crippen molar-refractivity contribution in [1.82, 2.24) is 9.97 Å². The van der Waals surface area contributed by atoms with E-state index in [4.69, 9.17) is 10.5 Å². The molecule has 1 aromatic carbocycles. The Balaban J connectivity index is 2.19. The van der Waals surface area contributed by atoms with Gasteiger partial charge in [-0.15, -0.1) is 0 Å². The quantitative estimate of drug-likeness (QED) is 0.700. The van der Waals surface area contributed by atoms with Crippen molar-refractivity contribution in [3.05, 3.63) is 46.6 Å². The Morgan fingerprint density at radius 2 is 2.26 bits per heavy atom. The van der Waals surface area contributed by atoms with E-state index in [2.05, 4.69) is 15.3 Å². The average molecular weight is 260 g/mol. The molecule has 0 saturated carbocycles. The fraction of sp³-hybridized carbons (Fsp3) is 0.0833. The Morgan fingerprint density at radius 1 is 1.47 bits per heavy atom. The number of aromatic amines is 1. The van der Waals surface area contributed by atoms with Crippen LogP contribution in [0.1, 0.15) is 10.5 Å². The molecular weight excluding hydrogens is 248 g/mol. The summed E-state index contributed by atoms with van der Waals surface area (Å²) in [5.74, 6) is 0.0234. The molecule has 0 aliphatic heterocycles. The number of nitrogens with two attached hydrogens (primary N) is 1. The van der Waals surface area contributed by atoms with Crippen molar-refractivity contribution in [3.63, 3.8) is 0 Å². The fourth-order valence-electron chi connectivity index (χ4n) is 1.45. The number of ether oxygens (including phenoxy) is 1. The number of carbonyl (C=O) groups is 1. The Bertz CT molecular complexity index is 646. The highest BCUT2D eigenvalue weighted by Gasteiger charge is 2.09. The molecule has 0 spiro atoms. The smallest absolute Gasteiger partial charge is 0.275 e. The summed E-state index contributed by atoms with van der Waals surface area (Å²) in [4.78, 5) is 28.8. The molecule has 1 aromatic heterocycles. The van der Waals surface area contributed by atoms with E-state index in [1.54, 1.807) is 18.2 Å². The molecule has 1 heterocycles. The first kappa shape index (κ1) is 12.6. The molecule has 0 unspecified atom stereocenters. The minimum Gasteiger partial charge on any atom is -0.495 e. The van der Waals surface area contributed by atoms with Gasteiger partial charge < -0.3 is 20.8 Å². The number of benzene rings is 1. The van der Waals surface area contributed by atoms with Gasteiger partial charge >= 0.3 is 0 Å². The van der Waals surface area contributed by atoms with E-state index in [-0.39, 0.29) is 11.3 Å². The molecule has 0 saturated heterocycles. The zero-order chi connectivity index (χ0) is 13.8. The maximum atomic E-state index is 11.8. The van der Waals surface area contributed by atoms with Gasteiger partial charge in [-0.1, -0.05) is 0 Å². The van der Waals surface area contributed by atoms with Gasteiger partial charge in [0, 0.05) is 18.0 Å². The molecule has 2 rings (SSSR count). The number of carbonyl (C=O) groups excluding carboxylic acids is 1. The number of nitrogen functional groups attached to an aromatic ring is 1. The molecule has 0 fully saturated rings. The first-order valence-corrected chi connectivity index (χ1v) is 5.40. The lowest BCUT2D eigenvalue weighted by molar-refractivity contribution is 0.102. The van der Waals surface area contributed by atoms with E-state index in [0.29, 0.717) is 17.1 Å². The van der Waals surface area contributed by atoms with Gasteiger partial charge in [0.05, 0.1) is 19.0 Å². The summed E-state index contributed by atoms with van der Waals surface area (Å²) in [7, 11) is 1.49. The lowest BCUT2D eigenvalue weighted by atomic mass is 10.2. The lowest BCUT2D eigenvalue weighted by Crippen LogP contribution is -2.17. The lowest BCUT2D eigenvalue weighted by Gasteiger charge is -2.08. The second-order valence-electron chi connectivity index (χ2n) is 3.71. The predicted molar refractivity (Wildman–Crippen MR) is 70.2 cm³/mol. The van der Waals surface area contributed by atoms with E-state index in [1.165, 1.54) is 13.3 Å². The number of hydrogen-bond acceptors (Lipinski definition) is 5. The zero-order valence-corrected chi connectivity index (χ0v) is 10.1. The summed E-state index contributed by atoms with van der Waals surface area (Å²) in [6.07, 6.45) is 2.28. The molecule has 2 aromatic rings. The number of nitrogens with zero attached hydrogens (tertiary/aromatic N) is 1. The Hall–Kier alpha value is -2.83. The van der Waals surface area contributed by atoms with E-state index in [9.17, 15) is 9.59 Å². The molecule has 98 valence electrons. The third-order valence-corrected chi connectivity index (χ3v) is 2.40. The Kier molecular flexibility index (Phi) is 3.46. The van der Waals surface area contributed by atoms with E-state index >= 15 is 0 Å². The molecule has 0 bridgehead atoms. The van der Waals surface area contributed by atoms with Gasteiger partial charge in [0.2, 0.25) is 0 Å². The summed E-state index contributed by atoms with van der Waals surface area (Å²) in [5, 5.41) is 2.62. The normalized spacial score (nSPS) is 9.95. The summed E-state index contributed by atoms with van der Waals surface area (Å²) >= 11 is 0. The number of hydrogen-bond donors (Lipinski definition) is 3. The van der Waals surface area contributed by atoms with Crippen LogP contribution in [0.4, 0.5) is 11.4 Å². The molecule has 0 aliphatic rings. The van der Waals surface area contributed by atoms with Gasteiger partial charge in [-0.3, -0.25) is 9.59 Å². The van der Waals surface area contributed by atoms with Gasteiger partial charge in [0.25, 0.3) is 11.5 Å². The van der Waals surface area contributed by atoms with Gasteiger partial charge in [-0.05, 0) is 12.1 Å².